The Morgan fingerprint density at radius 2 is 1.81 bits per heavy atom. The van der Waals surface area contributed by atoms with Crippen molar-refractivity contribution in [3.05, 3.63) is 24.3 Å². The van der Waals surface area contributed by atoms with E-state index in [0.29, 0.717) is 25.7 Å². The van der Waals surface area contributed by atoms with Gasteiger partial charge in [-0.2, -0.15) is 0 Å². The highest BCUT2D eigenvalue weighted by Gasteiger charge is 2.39. The highest BCUT2D eigenvalue weighted by molar-refractivity contribution is 5.66. The minimum atomic E-state index is -0.787. The predicted octanol–water partition coefficient (Wildman–Crippen LogP) is 4.32. The molecule has 0 saturated heterocycles. The Morgan fingerprint density at radius 1 is 1.11 bits per heavy atom. The van der Waals surface area contributed by atoms with Gasteiger partial charge in [0.2, 0.25) is 0 Å². The molecule has 27 heavy (non-hydrogen) atoms. The first kappa shape index (κ1) is 28.0. The first-order valence-corrected chi connectivity index (χ1v) is 9.55. The second-order valence-electron chi connectivity index (χ2n) is 7.05. The van der Waals surface area contributed by atoms with Gasteiger partial charge in [0.25, 0.3) is 0 Å². The molecular weight excluding hydrogens is 344 g/mol. The molecule has 0 aromatic carbocycles. The van der Waals surface area contributed by atoms with E-state index in [1.165, 1.54) is 0 Å². The third-order valence-corrected chi connectivity index (χ3v) is 4.91. The van der Waals surface area contributed by atoms with Crippen LogP contribution in [0.25, 0.3) is 0 Å². The van der Waals surface area contributed by atoms with Crippen LogP contribution in [-0.2, 0) is 4.79 Å². The maximum absolute atomic E-state index is 10.5. The van der Waals surface area contributed by atoms with Gasteiger partial charge in [-0.25, -0.2) is 0 Å². The van der Waals surface area contributed by atoms with Gasteiger partial charge in [-0.15, -0.1) is 0 Å². The summed E-state index contributed by atoms with van der Waals surface area (Å²) in [5.74, 6) is -1.00. The lowest BCUT2D eigenvalue weighted by Crippen LogP contribution is -2.20. The van der Waals surface area contributed by atoms with Crippen LogP contribution >= 0.6 is 0 Å². The summed E-state index contributed by atoms with van der Waals surface area (Å²) in [5.41, 5.74) is 0. The van der Waals surface area contributed by atoms with Crippen molar-refractivity contribution in [3.63, 3.8) is 0 Å². The first-order chi connectivity index (χ1) is 12.0. The van der Waals surface area contributed by atoms with Crippen molar-refractivity contribution in [3.8, 4) is 0 Å². The second-order valence-corrected chi connectivity index (χ2v) is 7.05. The number of unbranched alkanes of at least 4 members (excludes halogenated alkanes) is 3. The molecule has 0 bridgehead atoms. The lowest BCUT2D eigenvalue weighted by Gasteiger charge is -2.19. The van der Waals surface area contributed by atoms with Gasteiger partial charge in [-0.05, 0) is 31.6 Å². The van der Waals surface area contributed by atoms with E-state index >= 15 is 0 Å². The van der Waals surface area contributed by atoms with Gasteiger partial charge in [-0.1, -0.05) is 65.3 Å². The summed E-state index contributed by atoms with van der Waals surface area (Å²) < 4.78 is 0. The Morgan fingerprint density at radius 3 is 2.44 bits per heavy atom. The fraction of sp³-hybridized carbons (Fsp3) is 0.773. The lowest BCUT2D eigenvalue weighted by molar-refractivity contribution is -0.137. The van der Waals surface area contributed by atoms with Crippen LogP contribution in [0.5, 0.6) is 0 Å². The average Bonchev–Trinajstić information content (AvgIpc) is 2.82. The monoisotopic (exact) mass is 386 g/mol. The fourth-order valence-corrected chi connectivity index (χ4v) is 3.41. The number of allylic oxidation sites excluding steroid dienone is 2. The zero-order valence-electron chi connectivity index (χ0n) is 15.3. The summed E-state index contributed by atoms with van der Waals surface area (Å²) >= 11 is 0. The fourth-order valence-electron chi connectivity index (χ4n) is 3.41. The molecule has 0 unspecified atom stereocenters. The predicted molar refractivity (Wildman–Crippen MR) is 112 cm³/mol. The van der Waals surface area contributed by atoms with Crippen LogP contribution in [0.1, 0.15) is 79.6 Å². The molecule has 0 aromatic rings. The summed E-state index contributed by atoms with van der Waals surface area (Å²) in [4.78, 5) is 10.5. The van der Waals surface area contributed by atoms with E-state index in [4.69, 9.17) is 5.11 Å². The van der Waals surface area contributed by atoms with Crippen LogP contribution in [-0.4, -0.2) is 44.7 Å². The number of aliphatic hydroxyl groups excluding tert-OH is 3. The summed E-state index contributed by atoms with van der Waals surface area (Å²) in [6, 6.07) is 0. The van der Waals surface area contributed by atoms with E-state index in [0.717, 1.165) is 25.7 Å². The molecular formula is C22H42O5. The molecule has 1 aliphatic carbocycles. The molecule has 5 nitrogen and oxygen atoms in total. The van der Waals surface area contributed by atoms with Crippen molar-refractivity contribution >= 4 is 5.97 Å². The van der Waals surface area contributed by atoms with Crippen LogP contribution in [0.4, 0.5) is 0 Å². The smallest absolute Gasteiger partial charge is 0.303 e. The van der Waals surface area contributed by atoms with E-state index in [2.05, 4.69) is 6.92 Å². The molecule has 0 aliphatic heterocycles. The molecule has 1 aliphatic rings. The Labute approximate surface area is 165 Å². The normalized spacial score (nSPS) is 26.1. The average molecular weight is 387 g/mol. The molecule has 0 amide bonds. The molecule has 1 rings (SSSR count). The summed E-state index contributed by atoms with van der Waals surface area (Å²) in [6.45, 7) is 2.12. The van der Waals surface area contributed by atoms with Gasteiger partial charge < -0.3 is 20.4 Å². The SMILES string of the molecule is C.C.CCCCC[C@H](O)/C=C/[C@@H]1[C@@H](C/C=C\CCCC(=O)O)[C@@H](O)C[C@H]1O. The molecule has 5 heteroatoms. The first-order valence-electron chi connectivity index (χ1n) is 9.55. The van der Waals surface area contributed by atoms with Gasteiger partial charge in [-0.3, -0.25) is 4.79 Å². The zero-order chi connectivity index (χ0) is 18.7. The van der Waals surface area contributed by atoms with Gasteiger partial charge >= 0.3 is 5.97 Å². The van der Waals surface area contributed by atoms with E-state index in [1.54, 1.807) is 6.08 Å². The topological polar surface area (TPSA) is 98.0 Å². The zero-order valence-corrected chi connectivity index (χ0v) is 15.3. The molecule has 0 spiro atoms. The summed E-state index contributed by atoms with van der Waals surface area (Å²) in [6.07, 6.45) is 12.3. The largest absolute Gasteiger partial charge is 0.481 e. The highest BCUT2D eigenvalue weighted by Crippen LogP contribution is 2.36. The third-order valence-electron chi connectivity index (χ3n) is 4.91. The minimum Gasteiger partial charge on any atom is -0.481 e. The Bertz CT molecular complexity index is 432. The molecule has 1 saturated carbocycles. The maximum atomic E-state index is 10.5. The number of rotatable bonds is 12. The van der Waals surface area contributed by atoms with Crippen molar-refractivity contribution in [2.24, 2.45) is 11.8 Å². The van der Waals surface area contributed by atoms with Crippen LogP contribution in [0.2, 0.25) is 0 Å². The number of aliphatic hydroxyl groups is 3. The number of hydrogen-bond acceptors (Lipinski definition) is 4. The molecule has 0 aromatic heterocycles. The standard InChI is InChI=1S/C20H34O5.2CH4/c1-2-3-6-9-15(21)12-13-17-16(18(22)14-19(17)23)10-7-4-5-8-11-20(24)25;;/h4,7,12-13,15-19,21-23H,2-3,5-6,8-11,14H2,1H3,(H,24,25);2*1H4/b7-4-,13-12+;;/t15-,16+,17+,18-,19+;;/m0../s1. The highest BCUT2D eigenvalue weighted by atomic mass is 16.4. The Balaban J connectivity index is 0. The van der Waals surface area contributed by atoms with E-state index in [1.807, 2.05) is 18.2 Å². The second kappa shape index (κ2) is 15.8. The van der Waals surface area contributed by atoms with Gasteiger partial charge in [0.05, 0.1) is 18.3 Å². The Hall–Kier alpha value is -1.17. The molecule has 160 valence electrons. The number of aliphatic carboxylic acids is 1. The molecule has 0 heterocycles. The van der Waals surface area contributed by atoms with Crippen molar-refractivity contribution in [2.75, 3.05) is 0 Å². The van der Waals surface area contributed by atoms with Gasteiger partial charge in [0, 0.05) is 18.8 Å². The van der Waals surface area contributed by atoms with Crippen molar-refractivity contribution in [1.82, 2.24) is 0 Å². The molecule has 0 radical (unpaired) electrons. The van der Waals surface area contributed by atoms with Gasteiger partial charge in [0.1, 0.15) is 0 Å². The van der Waals surface area contributed by atoms with Gasteiger partial charge in [0.15, 0.2) is 0 Å². The van der Waals surface area contributed by atoms with Crippen LogP contribution in [0.15, 0.2) is 24.3 Å². The maximum Gasteiger partial charge on any atom is 0.303 e. The quantitative estimate of drug-likeness (QED) is 0.296. The molecule has 5 atom stereocenters. The van der Waals surface area contributed by atoms with Crippen LogP contribution in [0, 0.1) is 11.8 Å². The van der Waals surface area contributed by atoms with E-state index in [-0.39, 0.29) is 33.1 Å². The van der Waals surface area contributed by atoms with E-state index in [9.17, 15) is 20.1 Å². The number of carboxylic acids is 1. The minimum absolute atomic E-state index is 0. The van der Waals surface area contributed by atoms with Crippen LogP contribution < -0.4 is 0 Å². The number of carboxylic acid groups (broad SMARTS) is 1. The lowest BCUT2D eigenvalue weighted by atomic mass is 9.89. The third kappa shape index (κ3) is 11.3. The van der Waals surface area contributed by atoms with Crippen molar-refractivity contribution in [1.29, 1.82) is 0 Å². The molecule has 4 N–H and O–H groups in total. The Kier molecular flexibility index (Phi) is 16.5. The van der Waals surface area contributed by atoms with Crippen molar-refractivity contribution in [2.45, 2.75) is 97.9 Å². The summed E-state index contributed by atoms with van der Waals surface area (Å²) in [5, 5.41) is 39.0. The van der Waals surface area contributed by atoms with Crippen molar-refractivity contribution < 1.29 is 25.2 Å². The molecule has 1 fully saturated rings. The summed E-state index contributed by atoms with van der Waals surface area (Å²) in [7, 11) is 0. The van der Waals surface area contributed by atoms with Crippen LogP contribution in [0.3, 0.4) is 0 Å². The number of carbonyl (C=O) groups is 1. The van der Waals surface area contributed by atoms with E-state index < -0.39 is 24.3 Å². The number of hydrogen-bond donors (Lipinski definition) is 4.